The molecule has 0 unspecified atom stereocenters. The van der Waals surface area contributed by atoms with Crippen LogP contribution in [0.4, 0.5) is 0 Å². The van der Waals surface area contributed by atoms with Crippen molar-refractivity contribution in [3.05, 3.63) is 0 Å². The van der Waals surface area contributed by atoms with Crippen LogP contribution in [0.3, 0.4) is 0 Å². The first-order valence-electron chi connectivity index (χ1n) is 3.61. The molecule has 0 aromatic carbocycles. The van der Waals surface area contributed by atoms with Crippen LogP contribution in [-0.2, 0) is 9.59 Å². The molecule has 0 saturated heterocycles. The number of unbranched alkanes of at least 4 members (excludes halogenated alkanes) is 1. The summed E-state index contributed by atoms with van der Waals surface area (Å²) in [6.07, 6.45) is 2.44. The molecule has 11 heavy (non-hydrogen) atoms. The molecule has 1 amide bonds. The van der Waals surface area contributed by atoms with E-state index in [0.717, 1.165) is 12.8 Å². The molecule has 0 aliphatic rings. The third kappa shape index (κ3) is 6.28. The number of nitrogens with one attached hydrogen (secondary N) is 1. The summed E-state index contributed by atoms with van der Waals surface area (Å²) in [5.74, 6) is -0.173. The molecule has 0 bridgehead atoms. The second-order valence-electron chi connectivity index (χ2n) is 2.34. The molecule has 0 atom stereocenters. The molecule has 4 heteroatoms. The maximum absolute atomic E-state index is 10.9. The van der Waals surface area contributed by atoms with Crippen LogP contribution < -0.4 is 3.53 Å². The fraction of sp³-hybridized carbons (Fsp3) is 0.714. The molecule has 64 valence electrons. The molecule has 0 radical (unpaired) electrons. The minimum atomic E-state index is -0.202. The maximum atomic E-state index is 10.9. The quantitative estimate of drug-likeness (QED) is 0.468. The molecular weight excluding hydrogens is 257 g/mol. The van der Waals surface area contributed by atoms with Gasteiger partial charge in [-0.15, -0.1) is 0 Å². The monoisotopic (exact) mass is 269 g/mol. The standard InChI is InChI=1S/C7H12INO2/c1-2-3-4-6(10)5-7(11)9-8/h2-5H2,1H3,(H,9,11). The highest BCUT2D eigenvalue weighted by atomic mass is 127. The minimum Gasteiger partial charge on any atom is -0.299 e. The number of amides is 1. The number of carbonyl (C=O) groups is 2. The molecule has 3 nitrogen and oxygen atoms in total. The fourth-order valence-electron chi connectivity index (χ4n) is 0.675. The molecule has 0 spiro atoms. The van der Waals surface area contributed by atoms with Gasteiger partial charge in [0.25, 0.3) is 0 Å². The minimum absolute atomic E-state index is 0.0287. The Labute approximate surface area is 80.4 Å². The van der Waals surface area contributed by atoms with Crippen LogP contribution in [0.15, 0.2) is 0 Å². The van der Waals surface area contributed by atoms with Gasteiger partial charge in [-0.05, 0) is 6.42 Å². The third-order valence-electron chi connectivity index (χ3n) is 1.27. The van der Waals surface area contributed by atoms with E-state index < -0.39 is 0 Å². The summed E-state index contributed by atoms with van der Waals surface area (Å²) >= 11 is 1.73. The zero-order valence-corrected chi connectivity index (χ0v) is 8.68. The molecule has 1 N–H and O–H groups in total. The molecule has 0 aliphatic carbocycles. The molecule has 0 saturated carbocycles. The first kappa shape index (κ1) is 10.9. The van der Waals surface area contributed by atoms with Crippen molar-refractivity contribution in [2.24, 2.45) is 0 Å². The number of hydrogen-bond donors (Lipinski definition) is 1. The van der Waals surface area contributed by atoms with E-state index in [1.165, 1.54) is 0 Å². The number of ketones is 1. The zero-order valence-electron chi connectivity index (χ0n) is 6.52. The van der Waals surface area contributed by atoms with Crippen LogP contribution in [0.25, 0.3) is 0 Å². The van der Waals surface area contributed by atoms with Crippen molar-refractivity contribution in [2.75, 3.05) is 0 Å². The fourth-order valence-corrected chi connectivity index (χ4v) is 0.866. The van der Waals surface area contributed by atoms with Crippen molar-refractivity contribution in [3.8, 4) is 0 Å². The summed E-state index contributed by atoms with van der Waals surface area (Å²) < 4.78 is 2.38. The zero-order chi connectivity index (χ0) is 8.69. The Morgan fingerprint density at radius 1 is 1.45 bits per heavy atom. The molecule has 0 heterocycles. The van der Waals surface area contributed by atoms with Crippen molar-refractivity contribution in [1.82, 2.24) is 3.53 Å². The van der Waals surface area contributed by atoms with E-state index in [1.54, 1.807) is 22.9 Å². The van der Waals surface area contributed by atoms with Crippen LogP contribution in [0.1, 0.15) is 32.6 Å². The first-order valence-corrected chi connectivity index (χ1v) is 4.69. The number of carbonyl (C=O) groups excluding carboxylic acids is 2. The van der Waals surface area contributed by atoms with Gasteiger partial charge in [0.15, 0.2) is 0 Å². The van der Waals surface area contributed by atoms with Gasteiger partial charge in [0.05, 0.1) is 29.3 Å². The largest absolute Gasteiger partial charge is 0.299 e. The molecule has 0 fully saturated rings. The van der Waals surface area contributed by atoms with Gasteiger partial charge in [0, 0.05) is 6.42 Å². The highest BCUT2D eigenvalue weighted by Gasteiger charge is 2.06. The van der Waals surface area contributed by atoms with Gasteiger partial charge in [-0.25, -0.2) is 0 Å². The van der Waals surface area contributed by atoms with E-state index in [1.807, 2.05) is 6.92 Å². The summed E-state index contributed by atoms with van der Waals surface area (Å²) in [4.78, 5) is 21.6. The van der Waals surface area contributed by atoms with Gasteiger partial charge in [0.1, 0.15) is 5.78 Å². The molecule has 0 aromatic heterocycles. The Balaban J connectivity index is 3.44. The Hall–Kier alpha value is -0.130. The lowest BCUT2D eigenvalue weighted by molar-refractivity contribution is -0.126. The predicted molar refractivity (Wildman–Crippen MR) is 51.3 cm³/mol. The topological polar surface area (TPSA) is 46.2 Å². The van der Waals surface area contributed by atoms with Crippen LogP contribution >= 0.6 is 22.9 Å². The molecule has 0 rings (SSSR count). The summed E-state index contributed by atoms with van der Waals surface area (Å²) in [7, 11) is 0. The van der Waals surface area contributed by atoms with E-state index in [9.17, 15) is 9.59 Å². The van der Waals surface area contributed by atoms with Crippen molar-refractivity contribution >= 4 is 34.6 Å². The van der Waals surface area contributed by atoms with E-state index >= 15 is 0 Å². The average molecular weight is 269 g/mol. The van der Waals surface area contributed by atoms with Crippen LogP contribution in [0, 0.1) is 0 Å². The normalized spacial score (nSPS) is 9.27. The van der Waals surface area contributed by atoms with Gasteiger partial charge in [-0.1, -0.05) is 13.3 Å². The van der Waals surface area contributed by atoms with Gasteiger partial charge < -0.3 is 0 Å². The number of Topliss-reactive ketones (excluding diaryl/α,β-unsaturated/α-hetero) is 1. The van der Waals surface area contributed by atoms with E-state index in [0.29, 0.717) is 6.42 Å². The Morgan fingerprint density at radius 3 is 2.55 bits per heavy atom. The highest BCUT2D eigenvalue weighted by Crippen LogP contribution is 1.98. The predicted octanol–water partition coefficient (Wildman–Crippen LogP) is 1.60. The SMILES string of the molecule is CCCCC(=O)CC(=O)NI. The lowest BCUT2D eigenvalue weighted by atomic mass is 10.1. The Bertz CT molecular complexity index is 147. The lowest BCUT2D eigenvalue weighted by Gasteiger charge is -1.96. The van der Waals surface area contributed by atoms with Crippen LogP contribution in [0.5, 0.6) is 0 Å². The number of halogens is 1. The first-order chi connectivity index (χ1) is 5.20. The molecular formula is C7H12INO2. The Morgan fingerprint density at radius 2 is 2.09 bits per heavy atom. The number of hydrogen-bond acceptors (Lipinski definition) is 2. The van der Waals surface area contributed by atoms with Gasteiger partial charge >= 0.3 is 0 Å². The third-order valence-corrected chi connectivity index (χ3v) is 1.87. The summed E-state index contributed by atoms with van der Waals surface area (Å²) in [6, 6.07) is 0. The smallest absolute Gasteiger partial charge is 0.236 e. The Kier molecular flexibility index (Phi) is 6.49. The molecule has 0 aromatic rings. The van der Waals surface area contributed by atoms with Crippen LogP contribution in [0.2, 0.25) is 0 Å². The van der Waals surface area contributed by atoms with Crippen molar-refractivity contribution < 1.29 is 9.59 Å². The van der Waals surface area contributed by atoms with E-state index in [-0.39, 0.29) is 18.1 Å². The maximum Gasteiger partial charge on any atom is 0.236 e. The van der Waals surface area contributed by atoms with E-state index in [4.69, 9.17) is 0 Å². The van der Waals surface area contributed by atoms with Crippen molar-refractivity contribution in [2.45, 2.75) is 32.6 Å². The van der Waals surface area contributed by atoms with Gasteiger partial charge in [0.2, 0.25) is 5.91 Å². The summed E-state index contributed by atoms with van der Waals surface area (Å²) in [5, 5.41) is 0. The van der Waals surface area contributed by atoms with E-state index in [2.05, 4.69) is 3.53 Å². The number of rotatable bonds is 5. The molecule has 0 aliphatic heterocycles. The lowest BCUT2D eigenvalue weighted by Crippen LogP contribution is -2.16. The highest BCUT2D eigenvalue weighted by molar-refractivity contribution is 14.1. The average Bonchev–Trinajstić information content (AvgIpc) is 2.00. The van der Waals surface area contributed by atoms with Crippen molar-refractivity contribution in [1.29, 1.82) is 0 Å². The second kappa shape index (κ2) is 6.57. The summed E-state index contributed by atoms with van der Waals surface area (Å²) in [5.41, 5.74) is 0. The van der Waals surface area contributed by atoms with Crippen molar-refractivity contribution in [3.63, 3.8) is 0 Å². The second-order valence-corrected chi connectivity index (χ2v) is 2.88. The van der Waals surface area contributed by atoms with Gasteiger partial charge in [-0.3, -0.25) is 13.1 Å². The summed E-state index contributed by atoms with van der Waals surface area (Å²) in [6.45, 7) is 2.02. The van der Waals surface area contributed by atoms with Crippen LogP contribution in [-0.4, -0.2) is 11.7 Å². The van der Waals surface area contributed by atoms with Gasteiger partial charge in [-0.2, -0.15) is 0 Å².